The van der Waals surface area contributed by atoms with Crippen LogP contribution in [0.15, 0.2) is 53.7 Å². The first-order chi connectivity index (χ1) is 15.6. The summed E-state index contributed by atoms with van der Waals surface area (Å²) in [6.45, 7) is 12.9. The Kier molecular flexibility index (Phi) is 12.5. The largest absolute Gasteiger partial charge is 0.473 e. The van der Waals surface area contributed by atoms with E-state index in [0.29, 0.717) is 24.9 Å². The van der Waals surface area contributed by atoms with Crippen LogP contribution in [0, 0.1) is 5.92 Å². The molecular weight excluding hydrogens is 529 g/mol. The lowest BCUT2D eigenvalue weighted by Crippen LogP contribution is -2.50. The minimum Gasteiger partial charge on any atom is -0.473 e. The van der Waals surface area contributed by atoms with Gasteiger partial charge >= 0.3 is 0 Å². The maximum atomic E-state index is 5.97. The predicted molar refractivity (Wildman–Crippen MR) is 144 cm³/mol. The highest BCUT2D eigenvalue weighted by atomic mass is 127. The molecule has 1 aliphatic heterocycles. The number of pyridine rings is 1. The fourth-order valence-electron chi connectivity index (χ4n) is 3.70. The molecule has 182 valence electrons. The molecular formula is C25H38IN5O2. The first kappa shape index (κ1) is 27.3. The number of aliphatic imine (C=N–C) groups is 1. The summed E-state index contributed by atoms with van der Waals surface area (Å²) in [6, 6.07) is 14.0. The van der Waals surface area contributed by atoms with Crippen LogP contribution in [0.3, 0.4) is 0 Å². The van der Waals surface area contributed by atoms with Crippen molar-refractivity contribution in [2.75, 3.05) is 39.3 Å². The van der Waals surface area contributed by atoms with Crippen LogP contribution in [-0.4, -0.2) is 61.3 Å². The first-order valence-electron chi connectivity index (χ1n) is 11.6. The smallest absolute Gasteiger partial charge is 0.218 e. The molecule has 1 unspecified atom stereocenters. The van der Waals surface area contributed by atoms with E-state index in [4.69, 9.17) is 14.5 Å². The van der Waals surface area contributed by atoms with Crippen molar-refractivity contribution in [1.29, 1.82) is 0 Å². The van der Waals surface area contributed by atoms with E-state index in [1.165, 1.54) is 0 Å². The average molecular weight is 568 g/mol. The molecule has 0 bridgehead atoms. The molecule has 3 rings (SSSR count). The Hall–Kier alpha value is -1.91. The van der Waals surface area contributed by atoms with Gasteiger partial charge in [0.05, 0.1) is 19.3 Å². The molecule has 1 saturated heterocycles. The van der Waals surface area contributed by atoms with Crippen molar-refractivity contribution in [3.05, 3.63) is 59.8 Å². The van der Waals surface area contributed by atoms with Crippen molar-refractivity contribution in [1.82, 2.24) is 20.5 Å². The maximum absolute atomic E-state index is 5.97. The van der Waals surface area contributed by atoms with E-state index in [0.717, 1.165) is 56.4 Å². The van der Waals surface area contributed by atoms with Crippen LogP contribution in [0.2, 0.25) is 0 Å². The molecule has 2 N–H and O–H groups in total. The van der Waals surface area contributed by atoms with Gasteiger partial charge in [0.15, 0.2) is 5.96 Å². The van der Waals surface area contributed by atoms with Gasteiger partial charge in [0, 0.05) is 44.5 Å². The number of ether oxygens (including phenoxy) is 2. The third kappa shape index (κ3) is 9.85. The van der Waals surface area contributed by atoms with Crippen molar-refractivity contribution in [2.45, 2.75) is 40.0 Å². The van der Waals surface area contributed by atoms with Crippen molar-refractivity contribution in [2.24, 2.45) is 10.9 Å². The Morgan fingerprint density at radius 3 is 2.79 bits per heavy atom. The van der Waals surface area contributed by atoms with Crippen LogP contribution >= 0.6 is 24.0 Å². The van der Waals surface area contributed by atoms with Gasteiger partial charge in [-0.3, -0.25) is 4.90 Å². The second-order valence-electron chi connectivity index (χ2n) is 8.46. The molecule has 1 aromatic carbocycles. The van der Waals surface area contributed by atoms with Crippen molar-refractivity contribution in [3.63, 3.8) is 0 Å². The second-order valence-corrected chi connectivity index (χ2v) is 8.46. The summed E-state index contributed by atoms with van der Waals surface area (Å²) < 4.78 is 11.9. The van der Waals surface area contributed by atoms with Gasteiger partial charge in [0.2, 0.25) is 5.88 Å². The lowest BCUT2D eigenvalue weighted by Gasteiger charge is -2.34. The number of nitrogens with one attached hydrogen (secondary N) is 2. The van der Waals surface area contributed by atoms with Gasteiger partial charge in [-0.05, 0) is 24.5 Å². The molecule has 0 radical (unpaired) electrons. The molecule has 1 fully saturated rings. The van der Waals surface area contributed by atoms with E-state index in [2.05, 4.69) is 41.3 Å². The highest BCUT2D eigenvalue weighted by molar-refractivity contribution is 14.0. The molecule has 0 saturated carbocycles. The minimum atomic E-state index is 0. The van der Waals surface area contributed by atoms with Crippen LogP contribution in [0.5, 0.6) is 5.88 Å². The van der Waals surface area contributed by atoms with Gasteiger partial charge in [-0.1, -0.05) is 50.2 Å². The van der Waals surface area contributed by atoms with Crippen molar-refractivity contribution >= 4 is 29.9 Å². The Morgan fingerprint density at radius 1 is 1.21 bits per heavy atom. The Labute approximate surface area is 215 Å². The first-order valence-corrected chi connectivity index (χ1v) is 11.6. The third-order valence-corrected chi connectivity index (χ3v) is 5.16. The van der Waals surface area contributed by atoms with Crippen LogP contribution < -0.4 is 15.4 Å². The van der Waals surface area contributed by atoms with Gasteiger partial charge < -0.3 is 20.1 Å². The Morgan fingerprint density at radius 2 is 2.03 bits per heavy atom. The van der Waals surface area contributed by atoms with Crippen LogP contribution in [0.1, 0.15) is 31.9 Å². The summed E-state index contributed by atoms with van der Waals surface area (Å²) in [5.41, 5.74) is 2.07. The fourth-order valence-corrected chi connectivity index (χ4v) is 3.70. The average Bonchev–Trinajstić information content (AvgIpc) is 2.80. The van der Waals surface area contributed by atoms with Crippen molar-refractivity contribution in [3.8, 4) is 5.88 Å². The molecule has 2 heterocycles. The van der Waals surface area contributed by atoms with Crippen LogP contribution in [0.25, 0.3) is 0 Å². The molecule has 0 spiro atoms. The number of hydrogen-bond acceptors (Lipinski definition) is 5. The van der Waals surface area contributed by atoms with Crippen LogP contribution in [0.4, 0.5) is 0 Å². The number of aromatic nitrogens is 1. The molecule has 1 atom stereocenters. The molecule has 1 aromatic heterocycles. The summed E-state index contributed by atoms with van der Waals surface area (Å²) in [5, 5.41) is 6.76. The highest BCUT2D eigenvalue weighted by Gasteiger charge is 2.21. The molecule has 8 heteroatoms. The SMILES string of the molecule is CCNC(=NCc1cccnc1OCc1ccccc1)NCC1CN(CC(C)C)CCO1.I. The molecule has 33 heavy (non-hydrogen) atoms. The zero-order valence-electron chi connectivity index (χ0n) is 20.0. The molecule has 2 aromatic rings. The molecule has 0 aliphatic carbocycles. The standard InChI is InChI=1S/C25H37N5O2.HI/c1-4-26-25(29-16-23-18-30(13-14-31-23)17-20(2)3)28-15-22-11-8-12-27-24(22)32-19-21-9-6-5-7-10-21;/h5-12,20,23H,4,13-19H2,1-3H3,(H2,26,28,29);1H. The number of rotatable bonds is 10. The number of nitrogens with zero attached hydrogens (tertiary/aromatic N) is 3. The summed E-state index contributed by atoms with van der Waals surface area (Å²) in [6.07, 6.45) is 1.91. The van der Waals surface area contributed by atoms with E-state index < -0.39 is 0 Å². The quantitative estimate of drug-likeness (QED) is 0.259. The predicted octanol–water partition coefficient (Wildman–Crippen LogP) is 3.69. The summed E-state index contributed by atoms with van der Waals surface area (Å²) in [5.74, 6) is 2.06. The van der Waals surface area contributed by atoms with E-state index >= 15 is 0 Å². The van der Waals surface area contributed by atoms with Gasteiger partial charge in [0.1, 0.15) is 6.61 Å². The fraction of sp³-hybridized carbons (Fsp3) is 0.520. The number of benzene rings is 1. The summed E-state index contributed by atoms with van der Waals surface area (Å²) >= 11 is 0. The number of halogens is 1. The van der Waals surface area contributed by atoms with E-state index in [-0.39, 0.29) is 30.1 Å². The maximum Gasteiger partial charge on any atom is 0.218 e. The van der Waals surface area contributed by atoms with Gasteiger partial charge in [-0.2, -0.15) is 0 Å². The van der Waals surface area contributed by atoms with Crippen LogP contribution in [-0.2, 0) is 17.9 Å². The minimum absolute atomic E-state index is 0. The second kappa shape index (κ2) is 15.1. The number of hydrogen-bond donors (Lipinski definition) is 2. The van der Waals surface area contributed by atoms with Crippen molar-refractivity contribution < 1.29 is 9.47 Å². The zero-order chi connectivity index (χ0) is 22.6. The normalized spacial score (nSPS) is 16.8. The Balaban J connectivity index is 0.00000385. The topological polar surface area (TPSA) is 71.0 Å². The zero-order valence-corrected chi connectivity index (χ0v) is 22.3. The van der Waals surface area contributed by atoms with E-state index in [1.54, 1.807) is 6.20 Å². The lowest BCUT2D eigenvalue weighted by molar-refractivity contribution is -0.0284. The molecule has 7 nitrogen and oxygen atoms in total. The van der Waals surface area contributed by atoms with Gasteiger partial charge in [0.25, 0.3) is 0 Å². The summed E-state index contributed by atoms with van der Waals surface area (Å²) in [4.78, 5) is 11.7. The Bertz CT molecular complexity index is 835. The van der Waals surface area contributed by atoms with E-state index in [1.807, 2.05) is 42.5 Å². The van der Waals surface area contributed by atoms with E-state index in [9.17, 15) is 0 Å². The van der Waals surface area contributed by atoms with Gasteiger partial charge in [-0.25, -0.2) is 9.98 Å². The molecule has 1 aliphatic rings. The third-order valence-electron chi connectivity index (χ3n) is 5.16. The number of guanidine groups is 1. The van der Waals surface area contributed by atoms with Gasteiger partial charge in [-0.15, -0.1) is 24.0 Å². The summed E-state index contributed by atoms with van der Waals surface area (Å²) in [7, 11) is 0. The lowest BCUT2D eigenvalue weighted by atomic mass is 10.2. The highest BCUT2D eigenvalue weighted by Crippen LogP contribution is 2.17. The molecule has 0 amide bonds. The number of morpholine rings is 1. The monoisotopic (exact) mass is 567 g/mol.